The maximum atomic E-state index is 6.58. The molecule has 1 aromatic carbocycles. The fourth-order valence-electron chi connectivity index (χ4n) is 5.52. The SMILES string of the molecule is CC1CCc2sc3nc(Nc4ccc(N5CCNCC5)cc4)nc(OC4CCCCC4)c3c21. The molecule has 0 radical (unpaired) electrons. The summed E-state index contributed by atoms with van der Waals surface area (Å²) < 4.78 is 6.58. The number of rotatable bonds is 5. The molecular weight excluding hydrogens is 430 g/mol. The predicted octanol–water partition coefficient (Wildman–Crippen LogP) is 5.61. The highest BCUT2D eigenvalue weighted by Crippen LogP contribution is 2.46. The van der Waals surface area contributed by atoms with E-state index in [1.165, 1.54) is 47.2 Å². The van der Waals surface area contributed by atoms with Gasteiger partial charge in [-0.3, -0.25) is 0 Å². The molecule has 2 N–H and O–H groups in total. The van der Waals surface area contributed by atoms with E-state index < -0.39 is 0 Å². The molecule has 3 aliphatic rings. The van der Waals surface area contributed by atoms with Gasteiger partial charge in [-0.05, 0) is 74.3 Å². The van der Waals surface area contributed by atoms with Gasteiger partial charge in [-0.1, -0.05) is 13.3 Å². The van der Waals surface area contributed by atoms with Crippen LogP contribution in [0.25, 0.3) is 10.2 Å². The third kappa shape index (κ3) is 4.28. The highest BCUT2D eigenvalue weighted by atomic mass is 32.1. The molecule has 2 fully saturated rings. The molecule has 3 aromatic rings. The van der Waals surface area contributed by atoms with E-state index >= 15 is 0 Å². The maximum absolute atomic E-state index is 6.58. The van der Waals surface area contributed by atoms with Gasteiger partial charge >= 0.3 is 0 Å². The van der Waals surface area contributed by atoms with E-state index in [2.05, 4.69) is 46.7 Å². The van der Waals surface area contributed by atoms with Crippen molar-refractivity contribution in [3.63, 3.8) is 0 Å². The van der Waals surface area contributed by atoms with Crippen molar-refractivity contribution in [1.82, 2.24) is 15.3 Å². The third-order valence-electron chi connectivity index (χ3n) is 7.37. The number of nitrogens with one attached hydrogen (secondary N) is 2. The Kier molecular flexibility index (Phi) is 5.84. The summed E-state index contributed by atoms with van der Waals surface area (Å²) in [6, 6.07) is 8.63. The molecule has 0 bridgehead atoms. The van der Waals surface area contributed by atoms with Crippen LogP contribution in [0.15, 0.2) is 24.3 Å². The molecule has 1 saturated heterocycles. The number of hydrogen-bond acceptors (Lipinski definition) is 7. The van der Waals surface area contributed by atoms with Crippen molar-refractivity contribution < 1.29 is 4.74 Å². The predicted molar refractivity (Wildman–Crippen MR) is 136 cm³/mol. The maximum Gasteiger partial charge on any atom is 0.231 e. The van der Waals surface area contributed by atoms with Gasteiger partial charge in [-0.15, -0.1) is 11.3 Å². The number of ether oxygens (including phenoxy) is 1. The average molecular weight is 464 g/mol. The van der Waals surface area contributed by atoms with E-state index in [0.717, 1.165) is 61.8 Å². The van der Waals surface area contributed by atoms with Gasteiger partial charge in [0.05, 0.1) is 5.39 Å². The Morgan fingerprint density at radius 3 is 2.61 bits per heavy atom. The van der Waals surface area contributed by atoms with Gasteiger partial charge in [0.1, 0.15) is 10.9 Å². The van der Waals surface area contributed by atoms with Crippen LogP contribution in [0, 0.1) is 0 Å². The molecule has 1 aliphatic heterocycles. The number of thiophene rings is 1. The fraction of sp³-hybridized carbons (Fsp3) is 0.538. The molecule has 1 saturated carbocycles. The average Bonchev–Trinajstić information content (AvgIpc) is 3.40. The van der Waals surface area contributed by atoms with E-state index in [1.54, 1.807) is 0 Å². The number of aromatic nitrogens is 2. The van der Waals surface area contributed by atoms with Gasteiger partial charge in [-0.25, -0.2) is 4.98 Å². The van der Waals surface area contributed by atoms with E-state index in [1.807, 2.05) is 11.3 Å². The number of anilines is 3. The molecule has 7 heteroatoms. The largest absolute Gasteiger partial charge is 0.474 e. The van der Waals surface area contributed by atoms with Crippen LogP contribution >= 0.6 is 11.3 Å². The molecule has 2 aromatic heterocycles. The fourth-order valence-corrected chi connectivity index (χ4v) is 6.82. The van der Waals surface area contributed by atoms with Gasteiger partial charge in [0.15, 0.2) is 0 Å². The van der Waals surface area contributed by atoms with Crippen molar-refractivity contribution in [1.29, 1.82) is 0 Å². The molecule has 174 valence electrons. The van der Waals surface area contributed by atoms with E-state index in [4.69, 9.17) is 14.7 Å². The topological polar surface area (TPSA) is 62.3 Å². The quantitative estimate of drug-likeness (QED) is 0.513. The lowest BCUT2D eigenvalue weighted by molar-refractivity contribution is 0.151. The standard InChI is InChI=1S/C26H33N5OS/c1-17-7-12-21-22(17)23-24(32-20-5-3-2-4-6-20)29-26(30-25(23)33-21)28-18-8-10-19(11-9-18)31-15-13-27-14-16-31/h8-11,17,20,27H,2-7,12-16H2,1H3,(H,28,29,30). The summed E-state index contributed by atoms with van der Waals surface area (Å²) in [5, 5.41) is 8.04. The zero-order valence-electron chi connectivity index (χ0n) is 19.4. The Morgan fingerprint density at radius 2 is 1.82 bits per heavy atom. The Hall–Kier alpha value is -2.38. The van der Waals surface area contributed by atoms with Crippen LogP contribution in [-0.2, 0) is 6.42 Å². The first-order valence-electron chi connectivity index (χ1n) is 12.6. The number of aryl methyl sites for hydroxylation is 1. The molecule has 3 heterocycles. The van der Waals surface area contributed by atoms with Crippen molar-refractivity contribution in [2.45, 2.75) is 63.9 Å². The first kappa shape index (κ1) is 21.2. The van der Waals surface area contributed by atoms with E-state index in [-0.39, 0.29) is 6.10 Å². The molecule has 33 heavy (non-hydrogen) atoms. The third-order valence-corrected chi connectivity index (χ3v) is 8.52. The summed E-state index contributed by atoms with van der Waals surface area (Å²) in [6.07, 6.45) is 8.72. The first-order chi connectivity index (χ1) is 16.2. The minimum absolute atomic E-state index is 0.273. The molecule has 0 spiro atoms. The van der Waals surface area contributed by atoms with Crippen LogP contribution in [0.3, 0.4) is 0 Å². The van der Waals surface area contributed by atoms with Gasteiger partial charge < -0.3 is 20.3 Å². The Bertz CT molecular complexity index is 1120. The van der Waals surface area contributed by atoms with Crippen molar-refractivity contribution in [3.8, 4) is 5.88 Å². The second kappa shape index (κ2) is 9.11. The lowest BCUT2D eigenvalue weighted by Gasteiger charge is -2.29. The summed E-state index contributed by atoms with van der Waals surface area (Å²) in [6.45, 7) is 6.52. The molecule has 0 amide bonds. The lowest BCUT2D eigenvalue weighted by atomic mass is 9.98. The smallest absolute Gasteiger partial charge is 0.231 e. The number of piperazine rings is 1. The van der Waals surface area contributed by atoms with Crippen molar-refractivity contribution in [3.05, 3.63) is 34.7 Å². The Morgan fingerprint density at radius 1 is 1.03 bits per heavy atom. The monoisotopic (exact) mass is 463 g/mol. The summed E-state index contributed by atoms with van der Waals surface area (Å²) in [5.74, 6) is 1.98. The normalized spacial score (nSPS) is 21.4. The van der Waals surface area contributed by atoms with Gasteiger partial charge in [0.2, 0.25) is 11.8 Å². The van der Waals surface area contributed by atoms with Gasteiger partial charge in [-0.2, -0.15) is 4.98 Å². The molecule has 1 atom stereocenters. The summed E-state index contributed by atoms with van der Waals surface area (Å²) in [7, 11) is 0. The van der Waals surface area contributed by atoms with Gasteiger partial charge in [0.25, 0.3) is 0 Å². The number of hydrogen-bond donors (Lipinski definition) is 2. The molecule has 2 aliphatic carbocycles. The van der Waals surface area contributed by atoms with Crippen LogP contribution in [0.4, 0.5) is 17.3 Å². The minimum atomic E-state index is 0.273. The zero-order chi connectivity index (χ0) is 22.2. The molecular formula is C26H33N5OS. The van der Waals surface area contributed by atoms with Crippen LogP contribution in [-0.4, -0.2) is 42.3 Å². The molecule has 6 nitrogen and oxygen atoms in total. The lowest BCUT2D eigenvalue weighted by Crippen LogP contribution is -2.43. The van der Waals surface area contributed by atoms with E-state index in [9.17, 15) is 0 Å². The Balaban J connectivity index is 1.30. The highest BCUT2D eigenvalue weighted by molar-refractivity contribution is 7.19. The van der Waals surface area contributed by atoms with Crippen LogP contribution in [0.5, 0.6) is 5.88 Å². The number of benzene rings is 1. The van der Waals surface area contributed by atoms with Crippen LogP contribution in [0.2, 0.25) is 0 Å². The summed E-state index contributed by atoms with van der Waals surface area (Å²) in [4.78, 5) is 14.8. The zero-order valence-corrected chi connectivity index (χ0v) is 20.2. The van der Waals surface area contributed by atoms with Crippen molar-refractivity contribution in [2.75, 3.05) is 36.4 Å². The van der Waals surface area contributed by atoms with E-state index in [0.29, 0.717) is 11.9 Å². The number of nitrogens with zero attached hydrogens (tertiary/aromatic N) is 3. The second-order valence-corrected chi connectivity index (χ2v) is 10.8. The highest BCUT2D eigenvalue weighted by Gasteiger charge is 2.29. The number of fused-ring (bicyclic) bond motifs is 3. The summed E-state index contributed by atoms with van der Waals surface area (Å²) >= 11 is 1.83. The summed E-state index contributed by atoms with van der Waals surface area (Å²) in [5.41, 5.74) is 3.71. The van der Waals surface area contributed by atoms with Gasteiger partial charge in [0, 0.05) is 42.4 Å². The van der Waals surface area contributed by atoms with Crippen molar-refractivity contribution >= 4 is 38.9 Å². The van der Waals surface area contributed by atoms with Crippen LogP contribution in [0.1, 0.15) is 61.8 Å². The Labute approximate surface area is 199 Å². The van der Waals surface area contributed by atoms with Crippen molar-refractivity contribution in [2.24, 2.45) is 0 Å². The van der Waals surface area contributed by atoms with Crippen LogP contribution < -0.4 is 20.3 Å². The molecule has 6 rings (SSSR count). The second-order valence-electron chi connectivity index (χ2n) is 9.70. The minimum Gasteiger partial charge on any atom is -0.474 e. The molecule has 1 unspecified atom stereocenters. The first-order valence-corrected chi connectivity index (χ1v) is 13.4.